The lowest BCUT2D eigenvalue weighted by atomic mass is 10.1. The second-order valence-corrected chi connectivity index (χ2v) is 6.12. The van der Waals surface area contributed by atoms with Crippen molar-refractivity contribution in [1.82, 2.24) is 5.32 Å². The second kappa shape index (κ2) is 5.39. The lowest BCUT2D eigenvalue weighted by Crippen LogP contribution is -2.30. The maximum atomic E-state index is 12.3. The molecule has 5 heteroatoms. The van der Waals surface area contributed by atoms with E-state index < -0.39 is 23.2 Å². The van der Waals surface area contributed by atoms with Crippen molar-refractivity contribution >= 4 is 11.9 Å². The summed E-state index contributed by atoms with van der Waals surface area (Å²) in [6, 6.07) is 7.26. The molecule has 2 N–H and O–H groups in total. The van der Waals surface area contributed by atoms with E-state index in [4.69, 9.17) is 9.84 Å². The number of hydrogen-bond acceptors (Lipinski definition) is 3. The van der Waals surface area contributed by atoms with Crippen LogP contribution < -0.4 is 10.1 Å². The summed E-state index contributed by atoms with van der Waals surface area (Å²) in [5, 5.41) is 12.0. The number of carbonyl (C=O) groups excluding carboxylic acids is 1. The van der Waals surface area contributed by atoms with Gasteiger partial charge in [0.2, 0.25) is 5.91 Å². The minimum absolute atomic E-state index is 0.196. The third-order valence-corrected chi connectivity index (χ3v) is 4.33. The normalized spacial score (nSPS) is 24.0. The van der Waals surface area contributed by atoms with E-state index in [1.807, 2.05) is 45.0 Å². The van der Waals surface area contributed by atoms with Gasteiger partial charge in [0.15, 0.2) is 0 Å². The largest absolute Gasteiger partial charge is 0.497 e. The Morgan fingerprint density at radius 1 is 1.33 bits per heavy atom. The first-order chi connectivity index (χ1) is 9.78. The summed E-state index contributed by atoms with van der Waals surface area (Å²) in [4.78, 5) is 23.4. The van der Waals surface area contributed by atoms with Crippen molar-refractivity contribution in [1.29, 1.82) is 0 Å². The molecule has 114 valence electrons. The summed E-state index contributed by atoms with van der Waals surface area (Å²) in [7, 11) is 1.59. The first-order valence-corrected chi connectivity index (χ1v) is 6.96. The van der Waals surface area contributed by atoms with Crippen LogP contribution in [0.3, 0.4) is 0 Å². The topological polar surface area (TPSA) is 75.6 Å². The van der Waals surface area contributed by atoms with Crippen molar-refractivity contribution in [2.24, 2.45) is 17.3 Å². The van der Waals surface area contributed by atoms with Gasteiger partial charge in [-0.1, -0.05) is 26.0 Å². The van der Waals surface area contributed by atoms with Gasteiger partial charge in [0.25, 0.3) is 0 Å². The predicted molar refractivity (Wildman–Crippen MR) is 77.9 cm³/mol. The summed E-state index contributed by atoms with van der Waals surface area (Å²) in [5.74, 6) is -1.46. The van der Waals surface area contributed by atoms with E-state index >= 15 is 0 Å². The van der Waals surface area contributed by atoms with Crippen LogP contribution in [0, 0.1) is 17.3 Å². The molecule has 5 nitrogen and oxygen atoms in total. The van der Waals surface area contributed by atoms with E-state index in [2.05, 4.69) is 5.32 Å². The number of aliphatic carboxylic acids is 1. The maximum absolute atomic E-state index is 12.3. The molecule has 3 atom stereocenters. The Kier molecular flexibility index (Phi) is 3.94. The van der Waals surface area contributed by atoms with Gasteiger partial charge in [-0.3, -0.25) is 9.59 Å². The van der Waals surface area contributed by atoms with Crippen LogP contribution in [0.15, 0.2) is 24.3 Å². The van der Waals surface area contributed by atoms with Gasteiger partial charge < -0.3 is 15.2 Å². The lowest BCUT2D eigenvalue weighted by Gasteiger charge is -2.15. The Hall–Kier alpha value is -2.04. The van der Waals surface area contributed by atoms with E-state index in [1.165, 1.54) is 0 Å². The first kappa shape index (κ1) is 15.4. The van der Waals surface area contributed by atoms with Gasteiger partial charge in [0.05, 0.1) is 25.0 Å². The quantitative estimate of drug-likeness (QED) is 0.872. The highest BCUT2D eigenvalue weighted by Gasteiger charge is 2.65. The van der Waals surface area contributed by atoms with Crippen molar-refractivity contribution in [3.63, 3.8) is 0 Å². The van der Waals surface area contributed by atoms with E-state index in [9.17, 15) is 9.59 Å². The lowest BCUT2D eigenvalue weighted by molar-refractivity contribution is -0.140. The standard InChI is InChI=1S/C16H21NO4/c1-9(10-6-5-7-11(8-10)21-4)17-14(18)12-13(15(19)20)16(12,2)3/h5-9,12-13H,1-4H3,(H,17,18)(H,19,20)/t9-,12?,13?/m1/s1. The molecule has 0 heterocycles. The van der Waals surface area contributed by atoms with Crippen LogP contribution in [-0.2, 0) is 9.59 Å². The van der Waals surface area contributed by atoms with Gasteiger partial charge >= 0.3 is 5.97 Å². The number of carbonyl (C=O) groups is 2. The van der Waals surface area contributed by atoms with Gasteiger partial charge in [-0.2, -0.15) is 0 Å². The zero-order valence-electron chi connectivity index (χ0n) is 12.7. The molecule has 1 aromatic rings. The summed E-state index contributed by atoms with van der Waals surface area (Å²) >= 11 is 0. The summed E-state index contributed by atoms with van der Waals surface area (Å²) in [5.41, 5.74) is 0.442. The van der Waals surface area contributed by atoms with Crippen LogP contribution in [0.1, 0.15) is 32.4 Å². The molecule has 2 unspecified atom stereocenters. The highest BCUT2D eigenvalue weighted by atomic mass is 16.5. The molecule has 2 rings (SSSR count). The molecule has 0 aliphatic heterocycles. The van der Waals surface area contributed by atoms with Gasteiger partial charge in [-0.05, 0) is 30.0 Å². The zero-order valence-corrected chi connectivity index (χ0v) is 12.7. The Morgan fingerprint density at radius 3 is 2.52 bits per heavy atom. The monoisotopic (exact) mass is 291 g/mol. The van der Waals surface area contributed by atoms with E-state index in [-0.39, 0.29) is 11.9 Å². The molecule has 1 aliphatic carbocycles. The van der Waals surface area contributed by atoms with Crippen LogP contribution in [-0.4, -0.2) is 24.1 Å². The number of hydrogen-bond donors (Lipinski definition) is 2. The number of carboxylic acids is 1. The molecule has 0 aromatic heterocycles. The highest BCUT2D eigenvalue weighted by molar-refractivity contribution is 5.91. The van der Waals surface area contributed by atoms with Crippen molar-refractivity contribution in [2.45, 2.75) is 26.8 Å². The van der Waals surface area contributed by atoms with Crippen LogP contribution in [0.4, 0.5) is 0 Å². The molecule has 1 fully saturated rings. The maximum Gasteiger partial charge on any atom is 0.307 e. The Bertz CT molecular complexity index is 567. The van der Waals surface area contributed by atoms with E-state index in [1.54, 1.807) is 7.11 Å². The number of amides is 1. The van der Waals surface area contributed by atoms with Crippen LogP contribution >= 0.6 is 0 Å². The van der Waals surface area contributed by atoms with Crippen molar-refractivity contribution in [3.8, 4) is 5.75 Å². The zero-order chi connectivity index (χ0) is 15.8. The number of methoxy groups -OCH3 is 1. The third-order valence-electron chi connectivity index (χ3n) is 4.33. The summed E-state index contributed by atoms with van der Waals surface area (Å²) < 4.78 is 5.16. The molecule has 1 amide bonds. The number of rotatable bonds is 5. The Morgan fingerprint density at radius 2 is 2.00 bits per heavy atom. The van der Waals surface area contributed by atoms with Crippen LogP contribution in [0.25, 0.3) is 0 Å². The van der Waals surface area contributed by atoms with Crippen molar-refractivity contribution in [3.05, 3.63) is 29.8 Å². The first-order valence-electron chi connectivity index (χ1n) is 6.96. The number of benzene rings is 1. The molecule has 0 radical (unpaired) electrons. The Balaban J connectivity index is 2.05. The fraction of sp³-hybridized carbons (Fsp3) is 0.500. The Labute approximate surface area is 124 Å². The SMILES string of the molecule is COc1cccc([C@@H](C)NC(=O)C2C(C(=O)O)C2(C)C)c1. The van der Waals surface area contributed by atoms with Gasteiger partial charge in [-0.25, -0.2) is 0 Å². The molecule has 1 aromatic carbocycles. The molecule has 0 spiro atoms. The fourth-order valence-corrected chi connectivity index (χ4v) is 2.89. The summed E-state index contributed by atoms with van der Waals surface area (Å²) in [6.45, 7) is 5.50. The fourth-order valence-electron chi connectivity index (χ4n) is 2.89. The smallest absolute Gasteiger partial charge is 0.307 e. The average Bonchev–Trinajstić information content (AvgIpc) is 3.02. The van der Waals surface area contributed by atoms with Crippen LogP contribution in [0.2, 0.25) is 0 Å². The second-order valence-electron chi connectivity index (χ2n) is 6.12. The van der Waals surface area contributed by atoms with Gasteiger partial charge in [0, 0.05) is 0 Å². The van der Waals surface area contributed by atoms with Gasteiger partial charge in [0.1, 0.15) is 5.75 Å². The number of nitrogens with one attached hydrogen (secondary N) is 1. The van der Waals surface area contributed by atoms with E-state index in [0.29, 0.717) is 0 Å². The molecule has 1 aliphatic rings. The number of ether oxygens (including phenoxy) is 1. The number of carboxylic acid groups (broad SMARTS) is 1. The minimum atomic E-state index is -0.908. The highest BCUT2D eigenvalue weighted by Crippen LogP contribution is 2.58. The molecular formula is C16H21NO4. The molecule has 21 heavy (non-hydrogen) atoms. The van der Waals surface area contributed by atoms with Crippen LogP contribution in [0.5, 0.6) is 5.75 Å². The molecule has 0 saturated heterocycles. The molecule has 1 saturated carbocycles. The van der Waals surface area contributed by atoms with E-state index in [0.717, 1.165) is 11.3 Å². The molecular weight excluding hydrogens is 270 g/mol. The van der Waals surface area contributed by atoms with Crippen molar-refractivity contribution < 1.29 is 19.4 Å². The van der Waals surface area contributed by atoms with Crippen molar-refractivity contribution in [2.75, 3.05) is 7.11 Å². The summed E-state index contributed by atoms with van der Waals surface area (Å²) in [6.07, 6.45) is 0. The van der Waals surface area contributed by atoms with Gasteiger partial charge in [-0.15, -0.1) is 0 Å². The average molecular weight is 291 g/mol. The predicted octanol–water partition coefficient (Wildman–Crippen LogP) is 2.23. The minimum Gasteiger partial charge on any atom is -0.497 e. The molecule has 0 bridgehead atoms. The third kappa shape index (κ3) is 2.86.